The third-order valence-corrected chi connectivity index (χ3v) is 5.85. The lowest BCUT2D eigenvalue weighted by Gasteiger charge is -2.12. The SMILES string of the molecule is Cc1cc(C)c(CC(=O)c2cc3ccccc3c(=O)s2)c(-c2cc(C)[nH]n2)c1. The molecule has 0 aliphatic carbocycles. The van der Waals surface area contributed by atoms with Gasteiger partial charge in [-0.1, -0.05) is 41.2 Å². The molecule has 0 saturated carbocycles. The Morgan fingerprint density at radius 1 is 1.07 bits per heavy atom. The van der Waals surface area contributed by atoms with E-state index in [2.05, 4.69) is 22.3 Å². The highest BCUT2D eigenvalue weighted by atomic mass is 32.1. The maximum Gasteiger partial charge on any atom is 0.240 e. The second-order valence-electron chi connectivity index (χ2n) is 7.13. The summed E-state index contributed by atoms with van der Waals surface area (Å²) in [4.78, 5) is 26.0. The normalized spacial score (nSPS) is 11.1. The van der Waals surface area contributed by atoms with Crippen molar-refractivity contribution in [3.8, 4) is 11.3 Å². The number of ketones is 1. The molecule has 0 atom stereocenters. The van der Waals surface area contributed by atoms with E-state index < -0.39 is 0 Å². The van der Waals surface area contributed by atoms with Crippen LogP contribution in [0.3, 0.4) is 0 Å². The molecule has 0 aliphatic heterocycles. The van der Waals surface area contributed by atoms with E-state index in [-0.39, 0.29) is 16.9 Å². The molecule has 0 unspecified atom stereocenters. The lowest BCUT2D eigenvalue weighted by molar-refractivity contribution is 0.0996. The number of nitrogens with zero attached hydrogens (tertiary/aromatic N) is 1. The molecule has 0 fully saturated rings. The van der Waals surface area contributed by atoms with Crippen LogP contribution in [0.25, 0.3) is 22.0 Å². The first kappa shape index (κ1) is 18.3. The van der Waals surface area contributed by atoms with Crippen molar-refractivity contribution in [2.45, 2.75) is 27.2 Å². The molecule has 0 spiro atoms. The predicted molar refractivity (Wildman–Crippen MR) is 114 cm³/mol. The van der Waals surface area contributed by atoms with Gasteiger partial charge in [-0.25, -0.2) is 0 Å². The molecule has 140 valence electrons. The van der Waals surface area contributed by atoms with Crippen LogP contribution >= 0.6 is 11.3 Å². The van der Waals surface area contributed by atoms with Gasteiger partial charge < -0.3 is 0 Å². The summed E-state index contributed by atoms with van der Waals surface area (Å²) in [7, 11) is 0. The van der Waals surface area contributed by atoms with Crippen molar-refractivity contribution in [1.29, 1.82) is 0 Å². The minimum absolute atomic E-state index is 0.0479. The quantitative estimate of drug-likeness (QED) is 0.500. The molecule has 0 radical (unpaired) electrons. The Morgan fingerprint density at radius 2 is 1.86 bits per heavy atom. The second-order valence-corrected chi connectivity index (χ2v) is 8.14. The molecule has 2 aromatic carbocycles. The van der Waals surface area contributed by atoms with Gasteiger partial charge in [0.05, 0.1) is 10.6 Å². The van der Waals surface area contributed by atoms with Crippen LogP contribution in [0.5, 0.6) is 0 Å². The number of carbonyl (C=O) groups excluding carboxylic acids is 1. The zero-order valence-electron chi connectivity index (χ0n) is 16.0. The summed E-state index contributed by atoms with van der Waals surface area (Å²) in [6.45, 7) is 6.01. The molecule has 5 heteroatoms. The van der Waals surface area contributed by atoms with Gasteiger partial charge in [0.25, 0.3) is 0 Å². The van der Waals surface area contributed by atoms with E-state index in [9.17, 15) is 9.59 Å². The number of nitrogens with one attached hydrogen (secondary N) is 1. The number of hydrogen-bond acceptors (Lipinski definition) is 4. The number of Topliss-reactive ketones (excluding diaryl/α,β-unsaturated/α-hetero) is 1. The minimum Gasteiger partial charge on any atom is -0.293 e. The third-order valence-electron chi connectivity index (χ3n) is 4.88. The number of benzene rings is 2. The smallest absolute Gasteiger partial charge is 0.240 e. The Balaban J connectivity index is 1.77. The number of rotatable bonds is 4. The molecule has 0 amide bonds. The van der Waals surface area contributed by atoms with Crippen molar-refractivity contribution in [2.24, 2.45) is 0 Å². The highest BCUT2D eigenvalue weighted by Gasteiger charge is 2.17. The van der Waals surface area contributed by atoms with E-state index in [1.165, 1.54) is 0 Å². The third kappa shape index (κ3) is 3.41. The molecular weight excluding hydrogens is 368 g/mol. The summed E-state index contributed by atoms with van der Waals surface area (Å²) in [6.07, 6.45) is 0.238. The maximum absolute atomic E-state index is 13.1. The zero-order chi connectivity index (χ0) is 19.8. The van der Waals surface area contributed by atoms with E-state index in [1.807, 2.05) is 51.1 Å². The Kier molecular flexibility index (Phi) is 4.69. The van der Waals surface area contributed by atoms with E-state index in [0.717, 1.165) is 50.4 Å². The highest BCUT2D eigenvalue weighted by molar-refractivity contribution is 7.12. The molecule has 0 saturated heterocycles. The monoisotopic (exact) mass is 388 g/mol. The summed E-state index contributed by atoms with van der Waals surface area (Å²) >= 11 is 1.02. The van der Waals surface area contributed by atoms with Crippen LogP contribution in [0, 0.1) is 20.8 Å². The number of H-pyrrole nitrogens is 1. The van der Waals surface area contributed by atoms with Crippen LogP contribution in [0.2, 0.25) is 0 Å². The van der Waals surface area contributed by atoms with Crippen molar-refractivity contribution >= 4 is 27.9 Å². The number of aryl methyl sites for hydroxylation is 3. The predicted octanol–water partition coefficient (Wildman–Crippen LogP) is 5.00. The van der Waals surface area contributed by atoms with Gasteiger partial charge in [-0.05, 0) is 61.5 Å². The molecule has 4 nitrogen and oxygen atoms in total. The maximum atomic E-state index is 13.1. The highest BCUT2D eigenvalue weighted by Crippen LogP contribution is 2.29. The van der Waals surface area contributed by atoms with E-state index >= 15 is 0 Å². The zero-order valence-corrected chi connectivity index (χ0v) is 16.8. The van der Waals surface area contributed by atoms with Crippen molar-refractivity contribution in [1.82, 2.24) is 10.2 Å². The molecule has 28 heavy (non-hydrogen) atoms. The van der Waals surface area contributed by atoms with Gasteiger partial charge in [0.15, 0.2) is 5.78 Å². The van der Waals surface area contributed by atoms with Crippen LogP contribution < -0.4 is 4.74 Å². The number of carbonyl (C=O) groups is 1. The van der Waals surface area contributed by atoms with E-state index in [1.54, 1.807) is 6.07 Å². The summed E-state index contributed by atoms with van der Waals surface area (Å²) in [6, 6.07) is 15.3. The molecule has 0 aliphatic rings. The van der Waals surface area contributed by atoms with Gasteiger partial charge in [-0.3, -0.25) is 14.7 Å². The molecule has 1 N–H and O–H groups in total. The Hall–Kier alpha value is -3.05. The molecule has 4 aromatic rings. The summed E-state index contributed by atoms with van der Waals surface area (Å²) in [5.41, 5.74) is 5.90. The average Bonchev–Trinajstić information content (AvgIpc) is 3.09. The lowest BCUT2D eigenvalue weighted by atomic mass is 9.92. The van der Waals surface area contributed by atoms with Crippen LogP contribution in [-0.2, 0) is 6.42 Å². The van der Waals surface area contributed by atoms with Crippen LogP contribution in [0.15, 0.2) is 53.3 Å². The Labute approximate surface area is 166 Å². The second kappa shape index (κ2) is 7.17. The van der Waals surface area contributed by atoms with Crippen LogP contribution in [0.4, 0.5) is 0 Å². The lowest BCUT2D eigenvalue weighted by Crippen LogP contribution is -2.08. The molecule has 4 rings (SSSR count). The Morgan fingerprint density at radius 3 is 2.61 bits per heavy atom. The average molecular weight is 388 g/mol. The molecule has 2 heterocycles. The summed E-state index contributed by atoms with van der Waals surface area (Å²) in [5.74, 6) is -0.0479. The van der Waals surface area contributed by atoms with Crippen molar-refractivity contribution < 1.29 is 4.79 Å². The number of aromatic nitrogens is 2. The first-order valence-electron chi connectivity index (χ1n) is 9.11. The van der Waals surface area contributed by atoms with Crippen molar-refractivity contribution in [3.05, 3.63) is 85.3 Å². The standard InChI is InChI=1S/C23H20N2O2S/c1-13-8-14(2)18(19(9-13)20-10-15(3)24-25-20)12-21(26)22-11-16-6-4-5-7-17(16)23(27)28-22/h4-11H,12H2,1-3H3,(H,24,25). The number of aromatic amines is 1. The van der Waals surface area contributed by atoms with Gasteiger partial charge in [0.1, 0.15) is 0 Å². The first-order valence-corrected chi connectivity index (χ1v) is 9.92. The van der Waals surface area contributed by atoms with Gasteiger partial charge in [-0.15, -0.1) is 0 Å². The van der Waals surface area contributed by atoms with Crippen molar-refractivity contribution in [2.75, 3.05) is 0 Å². The van der Waals surface area contributed by atoms with Crippen molar-refractivity contribution in [3.63, 3.8) is 0 Å². The van der Waals surface area contributed by atoms with E-state index in [4.69, 9.17) is 0 Å². The number of fused-ring (bicyclic) bond motifs is 1. The van der Waals surface area contributed by atoms with Gasteiger partial charge in [0.2, 0.25) is 4.74 Å². The molecule has 0 bridgehead atoms. The molecule has 2 aromatic heterocycles. The van der Waals surface area contributed by atoms with E-state index in [0.29, 0.717) is 10.3 Å². The minimum atomic E-state index is -0.0785. The summed E-state index contributed by atoms with van der Waals surface area (Å²) < 4.78 is -0.0785. The fourth-order valence-electron chi connectivity index (χ4n) is 3.54. The fourth-order valence-corrected chi connectivity index (χ4v) is 4.40. The van der Waals surface area contributed by atoms with Gasteiger partial charge in [-0.2, -0.15) is 5.10 Å². The van der Waals surface area contributed by atoms with Crippen LogP contribution in [-0.4, -0.2) is 16.0 Å². The van der Waals surface area contributed by atoms with Gasteiger partial charge in [0, 0.05) is 23.1 Å². The number of hydrogen-bond donors (Lipinski definition) is 1. The Bertz CT molecular complexity index is 1270. The van der Waals surface area contributed by atoms with Gasteiger partial charge >= 0.3 is 0 Å². The molecular formula is C23H20N2O2S. The summed E-state index contributed by atoms with van der Waals surface area (Å²) in [5, 5.41) is 8.81. The topological polar surface area (TPSA) is 62.8 Å². The fraction of sp³-hybridized carbons (Fsp3) is 0.174. The van der Waals surface area contributed by atoms with Crippen LogP contribution in [0.1, 0.15) is 32.1 Å². The largest absolute Gasteiger partial charge is 0.293 e. The first-order chi connectivity index (χ1) is 13.4.